The minimum absolute atomic E-state index is 0.0576. The van der Waals surface area contributed by atoms with E-state index in [1.54, 1.807) is 18.3 Å². The summed E-state index contributed by atoms with van der Waals surface area (Å²) in [6.45, 7) is 5.06. The Hall–Kier alpha value is -1.62. The highest BCUT2D eigenvalue weighted by atomic mass is 16.5. The number of amides is 1. The Morgan fingerprint density at radius 3 is 3.17 bits per heavy atom. The molecule has 96 valence electrons. The molecule has 5 heteroatoms. The summed E-state index contributed by atoms with van der Waals surface area (Å²) in [5.41, 5.74) is 0.575. The second-order valence-electron chi connectivity index (χ2n) is 4.97. The van der Waals surface area contributed by atoms with E-state index in [4.69, 9.17) is 4.74 Å². The minimum Gasteiger partial charge on any atom is -0.374 e. The zero-order valence-corrected chi connectivity index (χ0v) is 10.2. The van der Waals surface area contributed by atoms with Crippen molar-refractivity contribution in [2.75, 3.05) is 13.2 Å². The Bertz CT molecular complexity index is 443. The van der Waals surface area contributed by atoms with Gasteiger partial charge in [0.1, 0.15) is 5.69 Å². The number of fused-ring (bicyclic) bond motifs is 2. The highest BCUT2D eigenvalue weighted by Gasteiger charge is 2.47. The van der Waals surface area contributed by atoms with Gasteiger partial charge in [-0.25, -0.2) is 0 Å². The molecule has 2 aliphatic rings. The SMILES string of the molecule is C=CCOC1CC2CC1CN2C(=O)c1ccn[nH]1. The van der Waals surface area contributed by atoms with Crippen LogP contribution in [0.5, 0.6) is 0 Å². The summed E-state index contributed by atoms with van der Waals surface area (Å²) in [5.74, 6) is 0.531. The van der Waals surface area contributed by atoms with Gasteiger partial charge >= 0.3 is 0 Å². The lowest BCUT2D eigenvalue weighted by atomic mass is 10.1. The van der Waals surface area contributed by atoms with Crippen molar-refractivity contribution >= 4 is 5.91 Å². The molecule has 3 unspecified atom stereocenters. The van der Waals surface area contributed by atoms with E-state index in [0.717, 1.165) is 19.4 Å². The molecule has 2 heterocycles. The highest BCUT2D eigenvalue weighted by Crippen LogP contribution is 2.39. The van der Waals surface area contributed by atoms with Gasteiger partial charge < -0.3 is 9.64 Å². The van der Waals surface area contributed by atoms with Gasteiger partial charge in [-0.05, 0) is 18.9 Å². The van der Waals surface area contributed by atoms with Crippen LogP contribution in [0.4, 0.5) is 0 Å². The number of nitrogens with one attached hydrogen (secondary N) is 1. The maximum Gasteiger partial charge on any atom is 0.272 e. The fraction of sp³-hybridized carbons (Fsp3) is 0.538. The van der Waals surface area contributed by atoms with Crippen molar-refractivity contribution in [3.05, 3.63) is 30.6 Å². The van der Waals surface area contributed by atoms with Crippen molar-refractivity contribution in [3.8, 4) is 0 Å². The van der Waals surface area contributed by atoms with E-state index in [2.05, 4.69) is 16.8 Å². The van der Waals surface area contributed by atoms with Crippen molar-refractivity contribution < 1.29 is 9.53 Å². The van der Waals surface area contributed by atoms with Gasteiger partial charge in [-0.15, -0.1) is 6.58 Å². The molecule has 0 spiro atoms. The molecule has 2 bridgehead atoms. The van der Waals surface area contributed by atoms with E-state index in [1.165, 1.54) is 0 Å². The zero-order valence-electron chi connectivity index (χ0n) is 10.2. The van der Waals surface area contributed by atoms with E-state index >= 15 is 0 Å². The van der Waals surface area contributed by atoms with Crippen LogP contribution in [0.15, 0.2) is 24.9 Å². The van der Waals surface area contributed by atoms with Crippen molar-refractivity contribution in [1.29, 1.82) is 0 Å². The standard InChI is InChI=1S/C13H17N3O2/c1-2-5-18-12-7-10-6-9(12)8-16(10)13(17)11-3-4-14-15-11/h2-4,9-10,12H,1,5-8H2,(H,14,15). The Balaban J connectivity index is 1.64. The van der Waals surface area contributed by atoms with E-state index in [-0.39, 0.29) is 5.91 Å². The second kappa shape index (κ2) is 4.57. The van der Waals surface area contributed by atoms with Gasteiger partial charge in [0.2, 0.25) is 0 Å². The summed E-state index contributed by atoms with van der Waals surface area (Å²) in [6, 6.07) is 2.04. The van der Waals surface area contributed by atoms with Gasteiger partial charge in [0.05, 0.1) is 12.7 Å². The van der Waals surface area contributed by atoms with Crippen LogP contribution in [0.3, 0.4) is 0 Å². The molecule has 1 saturated carbocycles. The number of nitrogens with zero attached hydrogens (tertiary/aromatic N) is 2. The van der Waals surface area contributed by atoms with Gasteiger partial charge in [0, 0.05) is 24.7 Å². The van der Waals surface area contributed by atoms with Crippen LogP contribution in [-0.2, 0) is 4.74 Å². The van der Waals surface area contributed by atoms with Gasteiger partial charge in [-0.1, -0.05) is 6.08 Å². The average molecular weight is 247 g/mol. The quantitative estimate of drug-likeness (QED) is 0.814. The summed E-state index contributed by atoms with van der Waals surface area (Å²) in [6.07, 6.45) is 5.68. The Morgan fingerprint density at radius 2 is 2.56 bits per heavy atom. The molecule has 3 atom stereocenters. The fourth-order valence-electron chi connectivity index (χ4n) is 3.08. The topological polar surface area (TPSA) is 58.2 Å². The number of aromatic nitrogens is 2. The predicted molar refractivity (Wildman–Crippen MR) is 66.1 cm³/mol. The number of rotatable bonds is 4. The number of ether oxygens (including phenoxy) is 1. The first-order valence-electron chi connectivity index (χ1n) is 6.32. The molecule has 1 N–H and O–H groups in total. The number of piperidine rings is 1. The number of aromatic amines is 1. The van der Waals surface area contributed by atoms with Crippen molar-refractivity contribution in [2.24, 2.45) is 5.92 Å². The first kappa shape index (κ1) is 11.5. The summed E-state index contributed by atoms with van der Waals surface area (Å²) in [7, 11) is 0. The van der Waals surface area contributed by atoms with Crippen LogP contribution in [0.25, 0.3) is 0 Å². The number of carbonyl (C=O) groups excluding carboxylic acids is 1. The third-order valence-corrected chi connectivity index (χ3v) is 3.90. The number of carbonyl (C=O) groups is 1. The monoisotopic (exact) mass is 247 g/mol. The van der Waals surface area contributed by atoms with Crippen molar-refractivity contribution in [2.45, 2.75) is 25.0 Å². The van der Waals surface area contributed by atoms with Crippen LogP contribution >= 0.6 is 0 Å². The lowest BCUT2D eigenvalue weighted by molar-refractivity contribution is 0.0142. The third kappa shape index (κ3) is 1.84. The largest absolute Gasteiger partial charge is 0.374 e. The molecular formula is C13H17N3O2. The number of hydrogen-bond donors (Lipinski definition) is 1. The predicted octanol–water partition coefficient (Wildman–Crippen LogP) is 1.22. The summed E-state index contributed by atoms with van der Waals surface area (Å²) < 4.78 is 5.73. The molecule has 18 heavy (non-hydrogen) atoms. The van der Waals surface area contributed by atoms with E-state index in [0.29, 0.717) is 30.4 Å². The van der Waals surface area contributed by atoms with Crippen LogP contribution in [-0.4, -0.2) is 46.3 Å². The van der Waals surface area contributed by atoms with Gasteiger partial charge in [-0.3, -0.25) is 9.89 Å². The Kier molecular flexibility index (Phi) is 2.91. The Morgan fingerprint density at radius 1 is 1.67 bits per heavy atom. The first-order valence-corrected chi connectivity index (χ1v) is 6.32. The summed E-state index contributed by atoms with van der Waals surface area (Å²) >= 11 is 0. The number of likely N-dealkylation sites (tertiary alicyclic amines) is 1. The van der Waals surface area contributed by atoms with Crippen LogP contribution in [0, 0.1) is 5.92 Å². The smallest absolute Gasteiger partial charge is 0.272 e. The highest BCUT2D eigenvalue weighted by molar-refractivity contribution is 5.92. The van der Waals surface area contributed by atoms with Crippen molar-refractivity contribution in [3.63, 3.8) is 0 Å². The molecule has 1 amide bonds. The molecule has 1 aromatic heterocycles. The van der Waals surface area contributed by atoms with E-state index < -0.39 is 0 Å². The minimum atomic E-state index is 0.0576. The first-order chi connectivity index (χ1) is 8.79. The van der Waals surface area contributed by atoms with Gasteiger partial charge in [0.15, 0.2) is 0 Å². The van der Waals surface area contributed by atoms with Crippen LogP contribution in [0.1, 0.15) is 23.3 Å². The lowest BCUT2D eigenvalue weighted by Gasteiger charge is -2.31. The van der Waals surface area contributed by atoms with Gasteiger partial charge in [0.25, 0.3) is 5.91 Å². The Labute approximate surface area is 106 Å². The number of H-pyrrole nitrogens is 1. The molecule has 1 aromatic rings. The average Bonchev–Trinajstić information content (AvgIpc) is 3.09. The molecular weight excluding hydrogens is 230 g/mol. The molecule has 1 aliphatic heterocycles. The molecule has 0 aromatic carbocycles. The molecule has 1 saturated heterocycles. The maximum atomic E-state index is 12.2. The van der Waals surface area contributed by atoms with Crippen LogP contribution < -0.4 is 0 Å². The molecule has 1 aliphatic carbocycles. The normalized spacial score (nSPS) is 29.8. The fourth-order valence-corrected chi connectivity index (χ4v) is 3.08. The van der Waals surface area contributed by atoms with Gasteiger partial charge in [-0.2, -0.15) is 5.10 Å². The summed E-state index contributed by atoms with van der Waals surface area (Å²) in [5, 5.41) is 6.56. The maximum absolute atomic E-state index is 12.2. The molecule has 0 radical (unpaired) electrons. The van der Waals surface area contributed by atoms with E-state index in [9.17, 15) is 4.79 Å². The second-order valence-corrected chi connectivity index (χ2v) is 4.97. The zero-order chi connectivity index (χ0) is 12.5. The van der Waals surface area contributed by atoms with E-state index in [1.807, 2.05) is 4.90 Å². The molecule has 5 nitrogen and oxygen atoms in total. The summed E-state index contributed by atoms with van der Waals surface area (Å²) in [4.78, 5) is 14.2. The lowest BCUT2D eigenvalue weighted by Crippen LogP contribution is -2.42. The van der Waals surface area contributed by atoms with Crippen LogP contribution in [0.2, 0.25) is 0 Å². The van der Waals surface area contributed by atoms with Crippen molar-refractivity contribution in [1.82, 2.24) is 15.1 Å². The third-order valence-electron chi connectivity index (χ3n) is 3.90. The number of hydrogen-bond acceptors (Lipinski definition) is 3. The molecule has 3 rings (SSSR count). The molecule has 2 fully saturated rings.